The van der Waals surface area contributed by atoms with Crippen LogP contribution in [-0.2, 0) is 0 Å². The highest BCUT2D eigenvalue weighted by molar-refractivity contribution is 5.85. The number of benzene rings is 2. The molecule has 0 aliphatic carbocycles. The molecule has 0 aliphatic heterocycles. The molecular formula is C22H25NO3. The second kappa shape index (κ2) is 8.44. The zero-order valence-electron chi connectivity index (χ0n) is 16.2. The molecule has 2 aromatic rings. The number of nitrogens with zero attached hydrogens (tertiary/aromatic N) is 1. The molecule has 0 radical (unpaired) electrons. The average molecular weight is 351 g/mol. The Labute approximate surface area is 155 Å². The van der Waals surface area contributed by atoms with E-state index in [0.717, 1.165) is 22.4 Å². The number of hydrogen-bond acceptors (Lipinski definition) is 4. The maximum atomic E-state index is 5.41. The fourth-order valence-electron chi connectivity index (χ4n) is 2.26. The quantitative estimate of drug-likeness (QED) is 0.608. The number of methoxy groups -OCH3 is 3. The van der Waals surface area contributed by atoms with E-state index in [0.29, 0.717) is 11.5 Å². The minimum atomic E-state index is -0.180. The van der Waals surface area contributed by atoms with E-state index in [-0.39, 0.29) is 5.54 Å². The first-order valence-electron chi connectivity index (χ1n) is 8.34. The van der Waals surface area contributed by atoms with Crippen LogP contribution in [0.1, 0.15) is 37.5 Å². The largest absolute Gasteiger partial charge is 0.495 e. The summed E-state index contributed by atoms with van der Waals surface area (Å²) in [4.78, 5) is 4.59. The van der Waals surface area contributed by atoms with Gasteiger partial charge in [0, 0.05) is 23.4 Å². The lowest BCUT2D eigenvalue weighted by Gasteiger charge is -2.13. The van der Waals surface area contributed by atoms with E-state index >= 15 is 0 Å². The first-order chi connectivity index (χ1) is 12.4. The van der Waals surface area contributed by atoms with Crippen LogP contribution in [0, 0.1) is 11.8 Å². The van der Waals surface area contributed by atoms with Crippen molar-refractivity contribution < 1.29 is 14.2 Å². The van der Waals surface area contributed by atoms with E-state index in [1.807, 2.05) is 63.4 Å². The van der Waals surface area contributed by atoms with Gasteiger partial charge >= 0.3 is 0 Å². The van der Waals surface area contributed by atoms with E-state index in [2.05, 4.69) is 16.8 Å². The molecule has 4 heteroatoms. The van der Waals surface area contributed by atoms with Crippen molar-refractivity contribution in [2.75, 3.05) is 21.3 Å². The second-order valence-electron chi connectivity index (χ2n) is 6.67. The zero-order valence-corrected chi connectivity index (χ0v) is 16.2. The zero-order chi connectivity index (χ0) is 19.2. The van der Waals surface area contributed by atoms with Crippen molar-refractivity contribution in [3.8, 4) is 29.1 Å². The molecule has 0 saturated heterocycles. The highest BCUT2D eigenvalue weighted by Crippen LogP contribution is 2.30. The van der Waals surface area contributed by atoms with Gasteiger partial charge < -0.3 is 14.2 Å². The van der Waals surface area contributed by atoms with Gasteiger partial charge in [0.25, 0.3) is 0 Å². The summed E-state index contributed by atoms with van der Waals surface area (Å²) in [5.41, 5.74) is 2.32. The number of aliphatic imine (C=N–C) groups is 1. The third-order valence-electron chi connectivity index (χ3n) is 3.59. The van der Waals surface area contributed by atoms with Crippen LogP contribution in [-0.4, -0.2) is 33.1 Å². The molecule has 136 valence electrons. The van der Waals surface area contributed by atoms with Crippen LogP contribution in [0.5, 0.6) is 17.2 Å². The van der Waals surface area contributed by atoms with Gasteiger partial charge in [0.1, 0.15) is 5.75 Å². The summed E-state index contributed by atoms with van der Waals surface area (Å²) in [5.74, 6) is 8.40. The standard InChI is InChI=1S/C22H25NO3/c1-22(2,3)23-15-18-14-21(26-6)20(25-5)13-17(18)12-11-16-9-7-8-10-19(16)24-4/h7-10,13-15H,1-6H3. The molecule has 2 aromatic carbocycles. The Morgan fingerprint density at radius 1 is 0.808 bits per heavy atom. The van der Waals surface area contributed by atoms with Gasteiger partial charge in [-0.3, -0.25) is 4.99 Å². The fourth-order valence-corrected chi connectivity index (χ4v) is 2.26. The van der Waals surface area contributed by atoms with E-state index in [4.69, 9.17) is 14.2 Å². The Morgan fingerprint density at radius 2 is 1.38 bits per heavy atom. The van der Waals surface area contributed by atoms with Gasteiger partial charge in [0.2, 0.25) is 0 Å². The second-order valence-corrected chi connectivity index (χ2v) is 6.67. The molecule has 0 aliphatic rings. The lowest BCUT2D eigenvalue weighted by Crippen LogP contribution is -2.10. The first-order valence-corrected chi connectivity index (χ1v) is 8.34. The van der Waals surface area contributed by atoms with Crippen molar-refractivity contribution in [1.82, 2.24) is 0 Å². The van der Waals surface area contributed by atoms with E-state index in [9.17, 15) is 0 Å². The lowest BCUT2D eigenvalue weighted by atomic mass is 10.1. The fraction of sp³-hybridized carbons (Fsp3) is 0.318. The lowest BCUT2D eigenvalue weighted by molar-refractivity contribution is 0.355. The molecule has 2 rings (SSSR count). The smallest absolute Gasteiger partial charge is 0.162 e. The predicted octanol–water partition coefficient (Wildman–Crippen LogP) is 4.33. The third-order valence-corrected chi connectivity index (χ3v) is 3.59. The molecule has 0 atom stereocenters. The average Bonchev–Trinajstić information content (AvgIpc) is 2.63. The van der Waals surface area contributed by atoms with Crippen LogP contribution in [0.4, 0.5) is 0 Å². The molecule has 0 heterocycles. The van der Waals surface area contributed by atoms with Crippen LogP contribution in [0.25, 0.3) is 0 Å². The van der Waals surface area contributed by atoms with Crippen LogP contribution in [0.3, 0.4) is 0 Å². The van der Waals surface area contributed by atoms with E-state index in [1.54, 1.807) is 21.3 Å². The molecule has 0 unspecified atom stereocenters. The highest BCUT2D eigenvalue weighted by Gasteiger charge is 2.11. The SMILES string of the molecule is COc1ccccc1C#Cc1cc(OC)c(OC)cc1C=NC(C)(C)C. The number of hydrogen-bond donors (Lipinski definition) is 0. The van der Waals surface area contributed by atoms with Crippen molar-refractivity contribution in [3.63, 3.8) is 0 Å². The van der Waals surface area contributed by atoms with Gasteiger partial charge in [-0.25, -0.2) is 0 Å². The van der Waals surface area contributed by atoms with Crippen LogP contribution in [0.2, 0.25) is 0 Å². The van der Waals surface area contributed by atoms with Gasteiger partial charge in [-0.2, -0.15) is 0 Å². The monoisotopic (exact) mass is 351 g/mol. The summed E-state index contributed by atoms with van der Waals surface area (Å²) < 4.78 is 16.2. The molecule has 0 bridgehead atoms. The Kier molecular flexibility index (Phi) is 6.30. The van der Waals surface area contributed by atoms with E-state index < -0.39 is 0 Å². The van der Waals surface area contributed by atoms with Crippen LogP contribution < -0.4 is 14.2 Å². The van der Waals surface area contributed by atoms with Crippen molar-refractivity contribution >= 4 is 6.21 Å². The number of para-hydroxylation sites is 1. The maximum absolute atomic E-state index is 5.41. The highest BCUT2D eigenvalue weighted by atomic mass is 16.5. The Hall–Kier alpha value is -2.93. The summed E-state index contributed by atoms with van der Waals surface area (Å²) in [5, 5.41) is 0. The summed E-state index contributed by atoms with van der Waals surface area (Å²) in [6.07, 6.45) is 1.83. The van der Waals surface area contributed by atoms with Gasteiger partial charge in [0.05, 0.1) is 32.4 Å². The molecular weight excluding hydrogens is 326 g/mol. The Balaban J connectivity index is 2.56. The van der Waals surface area contributed by atoms with Crippen LogP contribution >= 0.6 is 0 Å². The summed E-state index contributed by atoms with van der Waals surface area (Å²) >= 11 is 0. The van der Waals surface area contributed by atoms with Crippen molar-refractivity contribution in [2.45, 2.75) is 26.3 Å². The molecule has 4 nitrogen and oxygen atoms in total. The van der Waals surface area contributed by atoms with Gasteiger partial charge in [-0.1, -0.05) is 24.0 Å². The minimum Gasteiger partial charge on any atom is -0.495 e. The molecule has 0 aromatic heterocycles. The molecule has 0 amide bonds. The molecule has 0 saturated carbocycles. The predicted molar refractivity (Wildman–Crippen MR) is 106 cm³/mol. The van der Waals surface area contributed by atoms with Crippen molar-refractivity contribution in [2.24, 2.45) is 4.99 Å². The topological polar surface area (TPSA) is 40.0 Å². The van der Waals surface area contributed by atoms with Gasteiger partial charge in [0.15, 0.2) is 11.5 Å². The summed E-state index contributed by atoms with van der Waals surface area (Å²) in [7, 11) is 4.86. The first kappa shape index (κ1) is 19.4. The van der Waals surface area contributed by atoms with Crippen LogP contribution in [0.15, 0.2) is 41.4 Å². The molecule has 26 heavy (non-hydrogen) atoms. The normalized spacial score (nSPS) is 11.0. The maximum Gasteiger partial charge on any atom is 0.162 e. The molecule has 0 N–H and O–H groups in total. The summed E-state index contributed by atoms with van der Waals surface area (Å²) in [6, 6.07) is 11.4. The van der Waals surface area contributed by atoms with Gasteiger partial charge in [-0.15, -0.1) is 0 Å². The molecule has 0 fully saturated rings. The Morgan fingerprint density at radius 3 is 2.00 bits per heavy atom. The summed E-state index contributed by atoms with van der Waals surface area (Å²) in [6.45, 7) is 6.14. The number of rotatable bonds is 4. The van der Waals surface area contributed by atoms with Crippen molar-refractivity contribution in [3.05, 3.63) is 53.1 Å². The van der Waals surface area contributed by atoms with Gasteiger partial charge in [-0.05, 0) is 39.0 Å². The Bertz CT molecular complexity index is 852. The minimum absolute atomic E-state index is 0.180. The third kappa shape index (κ3) is 5.03. The molecule has 0 spiro atoms. The van der Waals surface area contributed by atoms with E-state index in [1.165, 1.54) is 0 Å². The van der Waals surface area contributed by atoms with Crippen molar-refractivity contribution in [1.29, 1.82) is 0 Å². The number of ether oxygens (including phenoxy) is 3.